The number of halogens is 1. The average Bonchev–Trinajstić information content (AvgIpc) is 2.63. The van der Waals surface area contributed by atoms with Crippen molar-refractivity contribution in [3.05, 3.63) is 88.9 Å². The van der Waals surface area contributed by atoms with Crippen LogP contribution in [0.25, 0.3) is 0 Å². The van der Waals surface area contributed by atoms with Crippen LogP contribution >= 0.6 is 11.6 Å². The highest BCUT2D eigenvalue weighted by molar-refractivity contribution is 6.30. The van der Waals surface area contributed by atoms with E-state index in [-0.39, 0.29) is 5.56 Å². The minimum Gasteiger partial charge on any atom is -0.478 e. The number of benzene rings is 3. The number of aromatic carboxylic acids is 1. The van der Waals surface area contributed by atoms with E-state index in [1.165, 1.54) is 0 Å². The molecular weight excluding hydrogens is 338 g/mol. The molecule has 0 spiro atoms. The summed E-state index contributed by atoms with van der Waals surface area (Å²) < 4.78 is 5.74. The molecule has 25 heavy (non-hydrogen) atoms. The van der Waals surface area contributed by atoms with Crippen LogP contribution in [0.1, 0.15) is 15.9 Å². The predicted molar refractivity (Wildman–Crippen MR) is 98.7 cm³/mol. The second-order valence-corrected chi connectivity index (χ2v) is 5.87. The van der Waals surface area contributed by atoms with Gasteiger partial charge in [0.2, 0.25) is 0 Å². The highest BCUT2D eigenvalue weighted by atomic mass is 35.5. The van der Waals surface area contributed by atoms with Crippen molar-refractivity contribution in [2.75, 3.05) is 5.32 Å². The van der Waals surface area contributed by atoms with Gasteiger partial charge >= 0.3 is 5.97 Å². The zero-order chi connectivity index (χ0) is 17.6. The Kier molecular flexibility index (Phi) is 5.21. The molecule has 3 aromatic carbocycles. The van der Waals surface area contributed by atoms with Crippen LogP contribution in [0.2, 0.25) is 5.02 Å². The van der Waals surface area contributed by atoms with Crippen molar-refractivity contribution in [3.8, 4) is 11.5 Å². The molecule has 0 fully saturated rings. The summed E-state index contributed by atoms with van der Waals surface area (Å²) in [4.78, 5) is 10.8. The average molecular weight is 354 g/mol. The van der Waals surface area contributed by atoms with Gasteiger partial charge in [0.1, 0.15) is 11.5 Å². The lowest BCUT2D eigenvalue weighted by Gasteiger charge is -2.09. The Morgan fingerprint density at radius 3 is 2.00 bits per heavy atom. The molecule has 0 bridgehead atoms. The van der Waals surface area contributed by atoms with Crippen LogP contribution in [0.5, 0.6) is 11.5 Å². The van der Waals surface area contributed by atoms with Gasteiger partial charge in [-0.1, -0.05) is 23.7 Å². The molecule has 0 aromatic heterocycles. The molecule has 0 aliphatic rings. The molecule has 0 atom stereocenters. The fraction of sp³-hybridized carbons (Fsp3) is 0.0500. The number of hydrogen-bond acceptors (Lipinski definition) is 3. The zero-order valence-electron chi connectivity index (χ0n) is 13.3. The van der Waals surface area contributed by atoms with Crippen LogP contribution in [0.3, 0.4) is 0 Å². The first-order valence-corrected chi connectivity index (χ1v) is 8.07. The summed E-state index contributed by atoms with van der Waals surface area (Å²) in [6, 6.07) is 21.6. The second kappa shape index (κ2) is 7.73. The van der Waals surface area contributed by atoms with Gasteiger partial charge in [0.05, 0.1) is 5.56 Å². The van der Waals surface area contributed by atoms with Gasteiger partial charge in [0.25, 0.3) is 0 Å². The maximum Gasteiger partial charge on any atom is 0.335 e. The Labute approximate surface area is 150 Å². The van der Waals surface area contributed by atoms with Crippen LogP contribution in [0.4, 0.5) is 5.69 Å². The Bertz CT molecular complexity index is 844. The number of ether oxygens (including phenoxy) is 1. The van der Waals surface area contributed by atoms with Crippen LogP contribution in [-0.2, 0) is 6.54 Å². The predicted octanol–water partition coefficient (Wildman–Crippen LogP) is 5.44. The number of rotatable bonds is 6. The second-order valence-electron chi connectivity index (χ2n) is 5.44. The van der Waals surface area contributed by atoms with Gasteiger partial charge < -0.3 is 15.2 Å². The van der Waals surface area contributed by atoms with Crippen molar-refractivity contribution >= 4 is 23.3 Å². The molecule has 0 amide bonds. The topological polar surface area (TPSA) is 58.6 Å². The first-order chi connectivity index (χ1) is 12.1. The first kappa shape index (κ1) is 16.9. The summed E-state index contributed by atoms with van der Waals surface area (Å²) in [5.74, 6) is 0.540. The molecule has 126 valence electrons. The number of carboxylic acid groups (broad SMARTS) is 1. The quantitative estimate of drug-likeness (QED) is 0.619. The molecule has 0 saturated carbocycles. The summed E-state index contributed by atoms with van der Waals surface area (Å²) in [5, 5.41) is 12.9. The number of carboxylic acids is 1. The van der Waals surface area contributed by atoms with E-state index in [2.05, 4.69) is 5.32 Å². The monoisotopic (exact) mass is 353 g/mol. The van der Waals surface area contributed by atoms with Crippen molar-refractivity contribution in [3.63, 3.8) is 0 Å². The van der Waals surface area contributed by atoms with E-state index in [9.17, 15) is 4.79 Å². The Hall–Kier alpha value is -2.98. The van der Waals surface area contributed by atoms with E-state index in [1.807, 2.05) is 36.4 Å². The van der Waals surface area contributed by atoms with Gasteiger partial charge in [0, 0.05) is 17.3 Å². The molecular formula is C20H16ClNO3. The molecule has 0 heterocycles. The minimum absolute atomic E-state index is 0.285. The van der Waals surface area contributed by atoms with Crippen LogP contribution in [0, 0.1) is 0 Å². The molecule has 0 unspecified atom stereocenters. The Morgan fingerprint density at radius 1 is 0.880 bits per heavy atom. The van der Waals surface area contributed by atoms with Crippen molar-refractivity contribution < 1.29 is 14.6 Å². The SMILES string of the molecule is O=C(O)c1ccc(CNc2ccc(Oc3ccc(Cl)cc3)cc2)cc1. The third kappa shape index (κ3) is 4.75. The van der Waals surface area contributed by atoms with E-state index in [0.717, 1.165) is 22.7 Å². The van der Waals surface area contributed by atoms with Gasteiger partial charge in [-0.2, -0.15) is 0 Å². The van der Waals surface area contributed by atoms with Gasteiger partial charge in [-0.25, -0.2) is 4.79 Å². The van der Waals surface area contributed by atoms with E-state index in [0.29, 0.717) is 11.6 Å². The van der Waals surface area contributed by atoms with Gasteiger partial charge in [-0.3, -0.25) is 0 Å². The highest BCUT2D eigenvalue weighted by Gasteiger charge is 2.02. The molecule has 5 heteroatoms. The van der Waals surface area contributed by atoms with Gasteiger partial charge in [-0.15, -0.1) is 0 Å². The van der Waals surface area contributed by atoms with Crippen molar-refractivity contribution in [1.29, 1.82) is 0 Å². The maximum absolute atomic E-state index is 10.8. The van der Waals surface area contributed by atoms with Crippen molar-refractivity contribution in [1.82, 2.24) is 0 Å². The summed E-state index contributed by atoms with van der Waals surface area (Å²) >= 11 is 5.85. The molecule has 4 nitrogen and oxygen atoms in total. The van der Waals surface area contributed by atoms with Crippen molar-refractivity contribution in [2.45, 2.75) is 6.54 Å². The summed E-state index contributed by atoms with van der Waals surface area (Å²) in [6.07, 6.45) is 0. The number of hydrogen-bond donors (Lipinski definition) is 2. The summed E-state index contributed by atoms with van der Waals surface area (Å²) in [6.45, 7) is 0.608. The third-order valence-electron chi connectivity index (χ3n) is 3.60. The lowest BCUT2D eigenvalue weighted by molar-refractivity contribution is 0.0697. The standard InChI is InChI=1S/C20H16ClNO3/c21-16-5-9-18(10-6-16)25-19-11-7-17(8-12-19)22-13-14-1-3-15(4-2-14)20(23)24/h1-12,22H,13H2,(H,23,24). The smallest absolute Gasteiger partial charge is 0.335 e. The largest absolute Gasteiger partial charge is 0.478 e. The third-order valence-corrected chi connectivity index (χ3v) is 3.85. The van der Waals surface area contributed by atoms with E-state index >= 15 is 0 Å². The Balaban J connectivity index is 1.57. The molecule has 0 saturated heterocycles. The molecule has 3 rings (SSSR count). The van der Waals surface area contributed by atoms with Gasteiger partial charge in [0.15, 0.2) is 0 Å². The maximum atomic E-state index is 10.8. The molecule has 0 aliphatic heterocycles. The van der Waals surface area contributed by atoms with E-state index in [4.69, 9.17) is 21.4 Å². The van der Waals surface area contributed by atoms with E-state index < -0.39 is 5.97 Å². The normalized spacial score (nSPS) is 10.3. The molecule has 2 N–H and O–H groups in total. The zero-order valence-corrected chi connectivity index (χ0v) is 14.0. The highest BCUT2D eigenvalue weighted by Crippen LogP contribution is 2.24. The van der Waals surface area contributed by atoms with Gasteiger partial charge in [-0.05, 0) is 66.2 Å². The molecule has 3 aromatic rings. The van der Waals surface area contributed by atoms with Crippen LogP contribution in [-0.4, -0.2) is 11.1 Å². The van der Waals surface area contributed by atoms with E-state index in [1.54, 1.807) is 36.4 Å². The molecule has 0 radical (unpaired) electrons. The summed E-state index contributed by atoms with van der Waals surface area (Å²) in [5.41, 5.74) is 2.24. The first-order valence-electron chi connectivity index (χ1n) is 7.70. The fourth-order valence-corrected chi connectivity index (χ4v) is 2.37. The fourth-order valence-electron chi connectivity index (χ4n) is 2.25. The molecule has 0 aliphatic carbocycles. The summed E-state index contributed by atoms with van der Waals surface area (Å²) in [7, 11) is 0. The lowest BCUT2D eigenvalue weighted by Crippen LogP contribution is -2.01. The lowest BCUT2D eigenvalue weighted by atomic mass is 10.1. The van der Waals surface area contributed by atoms with Crippen LogP contribution in [0.15, 0.2) is 72.8 Å². The Morgan fingerprint density at radius 2 is 1.44 bits per heavy atom. The number of nitrogens with one attached hydrogen (secondary N) is 1. The van der Waals surface area contributed by atoms with Crippen molar-refractivity contribution in [2.24, 2.45) is 0 Å². The number of carbonyl (C=O) groups is 1. The van der Waals surface area contributed by atoms with Crippen LogP contribution < -0.4 is 10.1 Å². The number of anilines is 1. The minimum atomic E-state index is -0.921.